The molecular weight excluding hydrogens is 272 g/mol. The van der Waals surface area contributed by atoms with Crippen LogP contribution in [0.4, 0.5) is 0 Å². The molecule has 0 spiro atoms. The maximum absolute atomic E-state index is 6.78. The molecule has 0 bridgehead atoms. The van der Waals surface area contributed by atoms with E-state index in [0.29, 0.717) is 16.6 Å². The van der Waals surface area contributed by atoms with Crippen LogP contribution in [0.15, 0.2) is 36.6 Å². The zero-order chi connectivity index (χ0) is 15.8. The summed E-state index contributed by atoms with van der Waals surface area (Å²) in [6.45, 7) is 18.2. The number of allylic oxidation sites excluding steroid dienone is 1. The molecule has 0 fully saturated rings. The molecule has 0 radical (unpaired) electrons. The first-order valence-electron chi connectivity index (χ1n) is 8.00. The number of rotatable bonds is 5. The lowest BCUT2D eigenvalue weighted by molar-refractivity contribution is 0.395. The number of fused-ring (bicyclic) bond motifs is 1. The minimum absolute atomic E-state index is 0.579. The topological polar surface area (TPSA) is 9.23 Å². The summed E-state index contributed by atoms with van der Waals surface area (Å²) in [6, 6.07) is 8.41. The molecule has 1 nitrogen and oxygen atoms in total. The van der Waals surface area contributed by atoms with Crippen molar-refractivity contribution in [1.29, 1.82) is 0 Å². The van der Waals surface area contributed by atoms with Crippen LogP contribution in [0.2, 0.25) is 16.6 Å². The van der Waals surface area contributed by atoms with Crippen LogP contribution in [0.3, 0.4) is 0 Å². The molecule has 2 rings (SSSR count). The normalized spacial score (nSPS) is 14.9. The van der Waals surface area contributed by atoms with E-state index in [1.54, 1.807) is 0 Å². The highest BCUT2D eigenvalue weighted by atomic mass is 28.4. The average molecular weight is 301 g/mol. The lowest BCUT2D eigenvalue weighted by Gasteiger charge is -2.55. The third-order valence-corrected chi connectivity index (χ3v) is 10.9. The van der Waals surface area contributed by atoms with Gasteiger partial charge in [0.05, 0.1) is 5.76 Å². The standard InChI is InChI=1S/C19H28OSi/c1-13(2)21(14(3)4,15(5)6)20-19-12-17-10-8-9-11-18(17)16(19)7/h8-15H,7H2,1-6H3/q-1. The van der Waals surface area contributed by atoms with Gasteiger partial charge >= 0.3 is 0 Å². The maximum Gasteiger partial charge on any atom is 0.0803 e. The largest absolute Gasteiger partial charge is 0.688 e. The molecule has 0 saturated heterocycles. The summed E-state index contributed by atoms with van der Waals surface area (Å²) in [6.07, 6.45) is 2.17. The molecule has 0 unspecified atom stereocenters. The molecule has 115 valence electrons. The molecule has 1 aliphatic carbocycles. The quantitative estimate of drug-likeness (QED) is 0.584. The Balaban J connectivity index is 2.38. The van der Waals surface area contributed by atoms with Gasteiger partial charge < -0.3 is 4.43 Å². The summed E-state index contributed by atoms with van der Waals surface area (Å²) in [5.74, 6) is 0.999. The molecule has 21 heavy (non-hydrogen) atoms. The van der Waals surface area contributed by atoms with Crippen LogP contribution in [-0.2, 0) is 4.43 Å². The smallest absolute Gasteiger partial charge is 0.0803 e. The molecule has 2 heteroatoms. The highest BCUT2D eigenvalue weighted by Crippen LogP contribution is 2.47. The van der Waals surface area contributed by atoms with Crippen molar-refractivity contribution in [1.82, 2.24) is 0 Å². The van der Waals surface area contributed by atoms with Crippen molar-refractivity contribution in [2.75, 3.05) is 0 Å². The summed E-state index contributed by atoms with van der Waals surface area (Å²) in [4.78, 5) is 0. The Morgan fingerprint density at radius 2 is 1.43 bits per heavy atom. The molecule has 1 aliphatic rings. The molecule has 0 atom stereocenters. The van der Waals surface area contributed by atoms with Crippen molar-refractivity contribution in [2.24, 2.45) is 0 Å². The summed E-state index contributed by atoms with van der Waals surface area (Å²) in [7, 11) is -1.90. The number of benzene rings is 1. The third kappa shape index (κ3) is 2.62. The van der Waals surface area contributed by atoms with E-state index in [2.05, 4.69) is 78.5 Å². The molecular formula is C19H28OSi-. The summed E-state index contributed by atoms with van der Waals surface area (Å²) in [5, 5.41) is 0. The third-order valence-electron chi connectivity index (χ3n) is 4.86. The Morgan fingerprint density at radius 1 is 0.905 bits per heavy atom. The lowest BCUT2D eigenvalue weighted by atomic mass is 10.1. The van der Waals surface area contributed by atoms with Crippen molar-refractivity contribution in [3.63, 3.8) is 0 Å². The predicted molar refractivity (Wildman–Crippen MR) is 95.6 cm³/mol. The van der Waals surface area contributed by atoms with Gasteiger partial charge in [0.2, 0.25) is 0 Å². The molecule has 0 aliphatic heterocycles. The Labute approximate surface area is 130 Å². The minimum Gasteiger partial charge on any atom is -0.688 e. The van der Waals surface area contributed by atoms with Crippen LogP contribution in [0.1, 0.15) is 52.7 Å². The van der Waals surface area contributed by atoms with E-state index in [4.69, 9.17) is 4.43 Å². The Hall–Kier alpha value is -1.28. The SMILES string of the molecule is C=C1C(O[Si-](C(C)C)(C(C)C)C(C)C)=Cc2ccccc21. The van der Waals surface area contributed by atoms with E-state index < -0.39 is 8.32 Å². The fourth-order valence-corrected chi connectivity index (χ4v) is 9.16. The predicted octanol–water partition coefficient (Wildman–Crippen LogP) is 6.25. The average Bonchev–Trinajstić information content (AvgIpc) is 2.72. The van der Waals surface area contributed by atoms with Gasteiger partial charge in [-0.25, -0.2) is 0 Å². The van der Waals surface area contributed by atoms with Crippen molar-refractivity contribution >= 4 is 20.0 Å². The molecule has 0 saturated carbocycles. The molecule has 0 aromatic heterocycles. The van der Waals surface area contributed by atoms with E-state index >= 15 is 0 Å². The van der Waals surface area contributed by atoms with Crippen molar-refractivity contribution < 1.29 is 4.43 Å². The van der Waals surface area contributed by atoms with E-state index in [1.807, 2.05) is 0 Å². The molecule has 0 heterocycles. The highest BCUT2D eigenvalue weighted by molar-refractivity contribution is 6.78. The van der Waals surface area contributed by atoms with Crippen LogP contribution < -0.4 is 0 Å². The second-order valence-electron chi connectivity index (χ2n) is 6.99. The van der Waals surface area contributed by atoms with E-state index in [0.717, 1.165) is 11.3 Å². The maximum atomic E-state index is 6.78. The monoisotopic (exact) mass is 300 g/mol. The summed E-state index contributed by atoms with van der Waals surface area (Å²) in [5.41, 5.74) is 5.23. The Morgan fingerprint density at radius 3 is 1.90 bits per heavy atom. The van der Waals surface area contributed by atoms with Crippen LogP contribution in [0, 0.1) is 0 Å². The lowest BCUT2D eigenvalue weighted by Crippen LogP contribution is -2.47. The van der Waals surface area contributed by atoms with Crippen molar-refractivity contribution in [3.8, 4) is 0 Å². The van der Waals surface area contributed by atoms with Crippen molar-refractivity contribution in [2.45, 2.75) is 58.2 Å². The van der Waals surface area contributed by atoms with Gasteiger partial charge in [-0.15, -0.1) is 16.6 Å². The summed E-state index contributed by atoms with van der Waals surface area (Å²) < 4.78 is 6.78. The van der Waals surface area contributed by atoms with Gasteiger partial charge in [-0.3, -0.25) is 0 Å². The first-order chi connectivity index (χ1) is 9.80. The van der Waals surface area contributed by atoms with Gasteiger partial charge in [-0.05, 0) is 17.2 Å². The Kier molecular flexibility index (Phi) is 4.48. The van der Waals surface area contributed by atoms with E-state index in [1.165, 1.54) is 11.1 Å². The molecule has 0 N–H and O–H groups in total. The van der Waals surface area contributed by atoms with Crippen LogP contribution >= 0.6 is 0 Å². The van der Waals surface area contributed by atoms with E-state index in [-0.39, 0.29) is 0 Å². The highest BCUT2D eigenvalue weighted by Gasteiger charge is 2.35. The number of hydrogen-bond donors (Lipinski definition) is 0. The van der Waals surface area contributed by atoms with Gasteiger partial charge in [0, 0.05) is 13.9 Å². The fourth-order valence-electron chi connectivity index (χ4n) is 3.89. The molecule has 0 amide bonds. The first-order valence-corrected chi connectivity index (χ1v) is 10.1. The van der Waals surface area contributed by atoms with Crippen molar-refractivity contribution in [3.05, 3.63) is 47.7 Å². The minimum atomic E-state index is -1.90. The fraction of sp³-hybridized carbons (Fsp3) is 0.474. The molecule has 1 aromatic rings. The Bertz CT molecular complexity index is 545. The van der Waals surface area contributed by atoms with E-state index in [9.17, 15) is 0 Å². The van der Waals surface area contributed by atoms with Crippen LogP contribution in [-0.4, -0.2) is 8.32 Å². The zero-order valence-electron chi connectivity index (χ0n) is 14.2. The van der Waals surface area contributed by atoms with Gasteiger partial charge in [-0.2, -0.15) is 0 Å². The summed E-state index contributed by atoms with van der Waals surface area (Å²) >= 11 is 0. The molecule has 1 aromatic carbocycles. The first kappa shape index (κ1) is 16.1. The second kappa shape index (κ2) is 5.84. The van der Waals surface area contributed by atoms with Gasteiger partial charge in [-0.1, -0.05) is 72.4 Å². The number of hydrogen-bond acceptors (Lipinski definition) is 1. The van der Waals surface area contributed by atoms with Gasteiger partial charge in [0.1, 0.15) is 0 Å². The second-order valence-corrected chi connectivity index (χ2v) is 12.4. The van der Waals surface area contributed by atoms with Crippen LogP contribution in [0.5, 0.6) is 0 Å². The zero-order valence-corrected chi connectivity index (χ0v) is 15.2. The van der Waals surface area contributed by atoms with Gasteiger partial charge in [0.25, 0.3) is 0 Å². The van der Waals surface area contributed by atoms with Crippen LogP contribution in [0.25, 0.3) is 11.6 Å². The van der Waals surface area contributed by atoms with Gasteiger partial charge in [0.15, 0.2) is 0 Å².